The highest BCUT2D eigenvalue weighted by Crippen LogP contribution is 2.32. The molecule has 106 valence electrons. The number of hydrogen-bond acceptors (Lipinski definition) is 4. The van der Waals surface area contributed by atoms with Gasteiger partial charge in [-0.25, -0.2) is 4.98 Å². The molecule has 0 radical (unpaired) electrons. The fraction of sp³-hybridized carbons (Fsp3) is 0.438. The van der Waals surface area contributed by atoms with Crippen LogP contribution >= 0.6 is 0 Å². The molecule has 1 aromatic heterocycles. The first-order chi connectivity index (χ1) is 9.75. The van der Waals surface area contributed by atoms with Crippen LogP contribution in [0.15, 0.2) is 47.4 Å². The maximum Gasteiger partial charge on any atom is 0.180 e. The van der Waals surface area contributed by atoms with Crippen molar-refractivity contribution in [1.82, 2.24) is 9.88 Å². The minimum absolute atomic E-state index is 0.0262. The average Bonchev–Trinajstić information content (AvgIpc) is 3.18. The third-order valence-electron chi connectivity index (χ3n) is 4.39. The van der Waals surface area contributed by atoms with Gasteiger partial charge in [-0.1, -0.05) is 30.3 Å². The van der Waals surface area contributed by atoms with E-state index in [0.717, 1.165) is 25.2 Å². The van der Waals surface area contributed by atoms with E-state index < -0.39 is 0 Å². The van der Waals surface area contributed by atoms with Gasteiger partial charge in [-0.15, -0.1) is 0 Å². The summed E-state index contributed by atoms with van der Waals surface area (Å²) < 4.78 is 5.03. The van der Waals surface area contributed by atoms with Crippen LogP contribution in [0.1, 0.15) is 36.7 Å². The number of nitrogens with two attached hydrogens (primary N) is 1. The molecule has 0 spiro atoms. The van der Waals surface area contributed by atoms with Crippen molar-refractivity contribution in [3.05, 3.63) is 54.2 Å². The quantitative estimate of drug-likeness (QED) is 0.929. The predicted octanol–water partition coefficient (Wildman–Crippen LogP) is 2.76. The number of benzene rings is 1. The van der Waals surface area contributed by atoms with Gasteiger partial charge in [0.1, 0.15) is 6.26 Å². The molecule has 1 aliphatic heterocycles. The smallest absolute Gasteiger partial charge is 0.180 e. The van der Waals surface area contributed by atoms with Crippen molar-refractivity contribution in [3.63, 3.8) is 0 Å². The number of nitrogens with zero attached hydrogens (tertiary/aromatic N) is 2. The molecule has 1 fully saturated rings. The molecular formula is C16H21N3O. The summed E-state index contributed by atoms with van der Waals surface area (Å²) in [5.41, 5.74) is 8.53. The molecule has 4 heteroatoms. The lowest BCUT2D eigenvalue weighted by molar-refractivity contribution is 0.246. The molecule has 3 rings (SSSR count). The van der Waals surface area contributed by atoms with Crippen molar-refractivity contribution in [2.24, 2.45) is 11.7 Å². The Morgan fingerprint density at radius 3 is 2.85 bits per heavy atom. The van der Waals surface area contributed by atoms with E-state index in [4.69, 9.17) is 10.2 Å². The molecule has 1 saturated heterocycles. The number of rotatable bonds is 4. The van der Waals surface area contributed by atoms with Gasteiger partial charge in [-0.3, -0.25) is 4.90 Å². The molecule has 20 heavy (non-hydrogen) atoms. The number of oxazole rings is 1. The van der Waals surface area contributed by atoms with Gasteiger partial charge in [0, 0.05) is 12.6 Å². The van der Waals surface area contributed by atoms with E-state index in [1.165, 1.54) is 12.0 Å². The number of hydrogen-bond donors (Lipinski definition) is 1. The van der Waals surface area contributed by atoms with Crippen molar-refractivity contribution in [1.29, 1.82) is 0 Å². The van der Waals surface area contributed by atoms with Gasteiger partial charge in [0.05, 0.1) is 11.7 Å². The van der Waals surface area contributed by atoms with Gasteiger partial charge in [0.15, 0.2) is 6.39 Å². The molecule has 2 heterocycles. The lowest BCUT2D eigenvalue weighted by Crippen LogP contribution is -2.28. The zero-order chi connectivity index (χ0) is 13.9. The maximum absolute atomic E-state index is 6.30. The summed E-state index contributed by atoms with van der Waals surface area (Å²) in [7, 11) is 0. The van der Waals surface area contributed by atoms with Gasteiger partial charge in [0.2, 0.25) is 0 Å². The van der Waals surface area contributed by atoms with Crippen LogP contribution in [0.2, 0.25) is 0 Å². The first-order valence-electron chi connectivity index (χ1n) is 7.18. The van der Waals surface area contributed by atoms with E-state index in [9.17, 15) is 0 Å². The summed E-state index contributed by atoms with van der Waals surface area (Å²) in [6.07, 6.45) is 4.23. The van der Waals surface area contributed by atoms with Crippen molar-refractivity contribution < 1.29 is 4.42 Å². The van der Waals surface area contributed by atoms with Crippen molar-refractivity contribution >= 4 is 0 Å². The van der Waals surface area contributed by atoms with E-state index in [2.05, 4.69) is 47.1 Å². The summed E-state index contributed by atoms with van der Waals surface area (Å²) in [4.78, 5) is 6.68. The topological polar surface area (TPSA) is 55.3 Å². The second-order valence-corrected chi connectivity index (χ2v) is 5.57. The normalized spacial score (nSPS) is 22.8. The van der Waals surface area contributed by atoms with Crippen LogP contribution < -0.4 is 5.73 Å². The predicted molar refractivity (Wildman–Crippen MR) is 78.0 cm³/mol. The van der Waals surface area contributed by atoms with Crippen molar-refractivity contribution in [2.45, 2.75) is 25.4 Å². The summed E-state index contributed by atoms with van der Waals surface area (Å²) in [6.45, 7) is 4.37. The van der Waals surface area contributed by atoms with Crippen LogP contribution in [-0.2, 0) is 0 Å². The minimum Gasteiger partial charge on any atom is -0.451 e. The lowest BCUT2D eigenvalue weighted by Gasteiger charge is -2.25. The minimum atomic E-state index is -0.0262. The molecule has 3 unspecified atom stereocenters. The fourth-order valence-corrected chi connectivity index (χ4v) is 3.03. The van der Waals surface area contributed by atoms with Crippen LogP contribution in [-0.4, -0.2) is 23.0 Å². The Morgan fingerprint density at radius 2 is 2.15 bits per heavy atom. The SMILES string of the molecule is CC(c1ccccc1)N1CCC(C(N)c2cocn2)C1. The zero-order valence-electron chi connectivity index (χ0n) is 11.8. The maximum atomic E-state index is 6.30. The molecule has 0 amide bonds. The molecule has 0 bridgehead atoms. The van der Waals surface area contributed by atoms with Crippen LogP contribution in [0, 0.1) is 5.92 Å². The second kappa shape index (κ2) is 5.77. The summed E-state index contributed by atoms with van der Waals surface area (Å²) in [6, 6.07) is 11.0. The first-order valence-corrected chi connectivity index (χ1v) is 7.18. The number of likely N-dealkylation sites (tertiary alicyclic amines) is 1. The van der Waals surface area contributed by atoms with Gasteiger partial charge in [-0.2, -0.15) is 0 Å². The molecular weight excluding hydrogens is 250 g/mol. The second-order valence-electron chi connectivity index (χ2n) is 5.57. The highest BCUT2D eigenvalue weighted by molar-refractivity contribution is 5.18. The largest absolute Gasteiger partial charge is 0.451 e. The van der Waals surface area contributed by atoms with Crippen molar-refractivity contribution in [2.75, 3.05) is 13.1 Å². The third kappa shape index (κ3) is 2.62. The first kappa shape index (κ1) is 13.3. The molecule has 3 atom stereocenters. The highest BCUT2D eigenvalue weighted by Gasteiger charge is 2.31. The Hall–Kier alpha value is -1.65. The fourth-order valence-electron chi connectivity index (χ4n) is 3.03. The standard InChI is InChI=1S/C16H21N3O/c1-12(13-5-3-2-4-6-13)19-8-7-14(9-19)16(17)15-10-20-11-18-15/h2-6,10-12,14,16H,7-9,17H2,1H3. The molecule has 0 saturated carbocycles. The highest BCUT2D eigenvalue weighted by atomic mass is 16.3. The van der Waals surface area contributed by atoms with Gasteiger partial charge in [0.25, 0.3) is 0 Å². The van der Waals surface area contributed by atoms with E-state index in [-0.39, 0.29) is 6.04 Å². The molecule has 1 aliphatic rings. The zero-order valence-corrected chi connectivity index (χ0v) is 11.8. The Kier molecular flexibility index (Phi) is 3.85. The Labute approximate surface area is 119 Å². The van der Waals surface area contributed by atoms with E-state index in [1.54, 1.807) is 6.26 Å². The van der Waals surface area contributed by atoms with Gasteiger partial charge >= 0.3 is 0 Å². The van der Waals surface area contributed by atoms with E-state index in [1.807, 2.05) is 0 Å². The summed E-state index contributed by atoms with van der Waals surface area (Å²) in [5, 5.41) is 0. The lowest BCUT2D eigenvalue weighted by atomic mass is 9.97. The Bertz CT molecular complexity index is 526. The average molecular weight is 271 g/mol. The molecule has 2 aromatic rings. The monoisotopic (exact) mass is 271 g/mol. The van der Waals surface area contributed by atoms with Crippen LogP contribution in [0.25, 0.3) is 0 Å². The summed E-state index contributed by atoms with van der Waals surface area (Å²) in [5.74, 6) is 0.450. The van der Waals surface area contributed by atoms with Crippen LogP contribution in [0.4, 0.5) is 0 Å². The van der Waals surface area contributed by atoms with Gasteiger partial charge < -0.3 is 10.2 Å². The van der Waals surface area contributed by atoms with E-state index >= 15 is 0 Å². The molecule has 2 N–H and O–H groups in total. The Balaban J connectivity index is 1.65. The van der Waals surface area contributed by atoms with Crippen molar-refractivity contribution in [3.8, 4) is 0 Å². The molecule has 0 aliphatic carbocycles. The third-order valence-corrected chi connectivity index (χ3v) is 4.39. The van der Waals surface area contributed by atoms with Crippen LogP contribution in [0.3, 0.4) is 0 Å². The van der Waals surface area contributed by atoms with E-state index in [0.29, 0.717) is 12.0 Å². The molecule has 1 aromatic carbocycles. The van der Waals surface area contributed by atoms with Gasteiger partial charge in [-0.05, 0) is 31.4 Å². The molecule has 4 nitrogen and oxygen atoms in total. The summed E-state index contributed by atoms with van der Waals surface area (Å²) >= 11 is 0. The Morgan fingerprint density at radius 1 is 1.35 bits per heavy atom. The van der Waals surface area contributed by atoms with Crippen LogP contribution in [0.5, 0.6) is 0 Å². The number of aromatic nitrogens is 1.